The smallest absolute Gasteiger partial charge is 0.277 e. The lowest BCUT2D eigenvalue weighted by Crippen LogP contribution is -2.36. The summed E-state index contributed by atoms with van der Waals surface area (Å²) in [6.45, 7) is 3.76. The molecule has 112 valence electrons. The van der Waals surface area contributed by atoms with Gasteiger partial charge in [-0.1, -0.05) is 6.07 Å². The molecule has 6 nitrogen and oxygen atoms in total. The number of carbonyl (C=O) groups excluding carboxylic acids is 1. The normalized spacial score (nSPS) is 16.5. The van der Waals surface area contributed by atoms with E-state index in [2.05, 4.69) is 4.98 Å². The molecule has 0 saturated carbocycles. The van der Waals surface area contributed by atoms with Crippen LogP contribution in [0, 0.1) is 17.0 Å². The molecule has 1 amide bonds. The van der Waals surface area contributed by atoms with Crippen LogP contribution in [-0.2, 0) is 6.42 Å². The lowest BCUT2D eigenvalue weighted by atomic mass is 10.1. The summed E-state index contributed by atoms with van der Waals surface area (Å²) in [7, 11) is 0. The molecule has 0 fully saturated rings. The zero-order valence-corrected chi connectivity index (χ0v) is 12.3. The summed E-state index contributed by atoms with van der Waals surface area (Å²) in [5.74, 6) is -0.177. The Morgan fingerprint density at radius 1 is 1.36 bits per heavy atom. The van der Waals surface area contributed by atoms with E-state index in [1.54, 1.807) is 29.2 Å². The van der Waals surface area contributed by atoms with E-state index >= 15 is 0 Å². The molecular formula is C16H15N3O3. The van der Waals surface area contributed by atoms with Gasteiger partial charge in [-0.3, -0.25) is 14.9 Å². The lowest BCUT2D eigenvalue weighted by Gasteiger charge is -2.22. The van der Waals surface area contributed by atoms with E-state index < -0.39 is 4.92 Å². The quantitative estimate of drug-likeness (QED) is 0.631. The molecule has 1 aromatic heterocycles. The van der Waals surface area contributed by atoms with Crippen LogP contribution in [0.3, 0.4) is 0 Å². The largest absolute Gasteiger partial charge is 0.304 e. The first-order chi connectivity index (χ1) is 10.5. The summed E-state index contributed by atoms with van der Waals surface area (Å²) in [6, 6.07) is 9.89. The number of carbonyl (C=O) groups is 1. The van der Waals surface area contributed by atoms with Crippen molar-refractivity contribution < 1.29 is 9.72 Å². The molecule has 1 aliphatic heterocycles. The van der Waals surface area contributed by atoms with Gasteiger partial charge in [-0.05, 0) is 44.0 Å². The van der Waals surface area contributed by atoms with Crippen LogP contribution in [0.2, 0.25) is 0 Å². The molecule has 1 atom stereocenters. The van der Waals surface area contributed by atoms with Crippen molar-refractivity contribution >= 4 is 17.3 Å². The Labute approximate surface area is 127 Å². The van der Waals surface area contributed by atoms with Crippen molar-refractivity contribution in [3.8, 4) is 0 Å². The van der Waals surface area contributed by atoms with Crippen molar-refractivity contribution in [2.75, 3.05) is 4.90 Å². The number of aromatic nitrogens is 1. The topological polar surface area (TPSA) is 76.3 Å². The number of non-ortho nitro benzene ring substituents is 1. The van der Waals surface area contributed by atoms with E-state index in [1.165, 1.54) is 6.07 Å². The summed E-state index contributed by atoms with van der Waals surface area (Å²) in [6.07, 6.45) is 0.606. The van der Waals surface area contributed by atoms with Gasteiger partial charge in [0.25, 0.3) is 11.6 Å². The Bertz CT molecular complexity index is 773. The molecule has 2 heterocycles. The molecule has 0 spiro atoms. The number of hydrogen-bond acceptors (Lipinski definition) is 4. The summed E-state index contributed by atoms with van der Waals surface area (Å²) in [4.78, 5) is 29.1. The van der Waals surface area contributed by atoms with Crippen molar-refractivity contribution in [3.63, 3.8) is 0 Å². The van der Waals surface area contributed by atoms with Gasteiger partial charge < -0.3 is 4.90 Å². The van der Waals surface area contributed by atoms with Gasteiger partial charge in [0.1, 0.15) is 5.69 Å². The number of pyridine rings is 1. The number of nitrogens with zero attached hydrogens (tertiary/aromatic N) is 3. The average Bonchev–Trinajstić information content (AvgIpc) is 2.81. The number of fused-ring (bicyclic) bond motifs is 1. The zero-order valence-electron chi connectivity index (χ0n) is 12.3. The molecule has 1 aromatic carbocycles. The lowest BCUT2D eigenvalue weighted by molar-refractivity contribution is -0.384. The predicted molar refractivity (Wildman–Crippen MR) is 82.0 cm³/mol. The van der Waals surface area contributed by atoms with Gasteiger partial charge in [0, 0.05) is 29.6 Å². The van der Waals surface area contributed by atoms with Gasteiger partial charge in [0.2, 0.25) is 0 Å². The Hall–Kier alpha value is -2.76. The van der Waals surface area contributed by atoms with E-state index in [0.717, 1.165) is 16.9 Å². The second-order valence-corrected chi connectivity index (χ2v) is 5.46. The van der Waals surface area contributed by atoms with Crippen LogP contribution in [0.5, 0.6) is 0 Å². The fraction of sp³-hybridized carbons (Fsp3) is 0.250. The first kappa shape index (κ1) is 14.2. The minimum Gasteiger partial charge on any atom is -0.304 e. The minimum absolute atomic E-state index is 0.0492. The molecule has 2 aromatic rings. The molecule has 0 unspecified atom stereocenters. The fourth-order valence-corrected chi connectivity index (χ4v) is 2.83. The summed E-state index contributed by atoms with van der Waals surface area (Å²) in [5, 5.41) is 10.9. The third-order valence-electron chi connectivity index (χ3n) is 3.82. The number of rotatable bonds is 2. The van der Waals surface area contributed by atoms with Gasteiger partial charge in [-0.25, -0.2) is 4.98 Å². The maximum absolute atomic E-state index is 12.7. The molecule has 0 aliphatic carbocycles. The highest BCUT2D eigenvalue weighted by atomic mass is 16.6. The Morgan fingerprint density at radius 3 is 2.82 bits per heavy atom. The summed E-state index contributed by atoms with van der Waals surface area (Å²) >= 11 is 0. The van der Waals surface area contributed by atoms with Crippen LogP contribution >= 0.6 is 0 Å². The highest BCUT2D eigenvalue weighted by Crippen LogP contribution is 2.35. The van der Waals surface area contributed by atoms with Gasteiger partial charge >= 0.3 is 0 Å². The van der Waals surface area contributed by atoms with Crippen molar-refractivity contribution in [2.24, 2.45) is 0 Å². The maximum atomic E-state index is 12.7. The van der Waals surface area contributed by atoms with Crippen molar-refractivity contribution in [3.05, 3.63) is 63.5 Å². The number of amides is 1. The Balaban J connectivity index is 2.00. The number of hydrogen-bond donors (Lipinski definition) is 0. The molecule has 0 saturated heterocycles. The minimum atomic E-state index is -0.419. The SMILES string of the molecule is Cc1cccc(C(=O)N2c3ccc([N+](=O)[O-])cc3C[C@@H]2C)n1. The van der Waals surface area contributed by atoms with E-state index in [-0.39, 0.29) is 17.6 Å². The van der Waals surface area contributed by atoms with Gasteiger partial charge in [-0.15, -0.1) is 0 Å². The second kappa shape index (κ2) is 5.22. The number of nitro groups is 1. The van der Waals surface area contributed by atoms with E-state index in [9.17, 15) is 14.9 Å². The van der Waals surface area contributed by atoms with Crippen LogP contribution in [0.1, 0.15) is 28.7 Å². The molecular weight excluding hydrogens is 282 g/mol. The molecule has 22 heavy (non-hydrogen) atoms. The van der Waals surface area contributed by atoms with Gasteiger partial charge in [-0.2, -0.15) is 0 Å². The molecule has 1 aliphatic rings. The van der Waals surface area contributed by atoms with Crippen molar-refractivity contribution in [1.29, 1.82) is 0 Å². The highest BCUT2D eigenvalue weighted by Gasteiger charge is 2.33. The first-order valence-corrected chi connectivity index (χ1v) is 7.02. The number of anilines is 1. The van der Waals surface area contributed by atoms with Crippen LogP contribution in [0.15, 0.2) is 36.4 Å². The third kappa shape index (κ3) is 2.32. The number of aryl methyl sites for hydroxylation is 1. The van der Waals surface area contributed by atoms with Crippen LogP contribution in [0.4, 0.5) is 11.4 Å². The number of benzene rings is 1. The Morgan fingerprint density at radius 2 is 2.14 bits per heavy atom. The highest BCUT2D eigenvalue weighted by molar-refractivity contribution is 6.06. The third-order valence-corrected chi connectivity index (χ3v) is 3.82. The maximum Gasteiger partial charge on any atom is 0.277 e. The monoisotopic (exact) mass is 297 g/mol. The standard InChI is InChI=1S/C16H15N3O3/c1-10-4-3-5-14(17-10)16(20)18-11(2)8-12-9-13(19(21)22)6-7-15(12)18/h3-7,9,11H,8H2,1-2H3/t11-/m0/s1. The van der Waals surface area contributed by atoms with E-state index in [1.807, 2.05) is 19.9 Å². The summed E-state index contributed by atoms with van der Waals surface area (Å²) < 4.78 is 0. The van der Waals surface area contributed by atoms with E-state index in [0.29, 0.717) is 12.1 Å². The van der Waals surface area contributed by atoms with Crippen molar-refractivity contribution in [1.82, 2.24) is 4.98 Å². The molecule has 6 heteroatoms. The van der Waals surface area contributed by atoms with Crippen LogP contribution in [0.25, 0.3) is 0 Å². The zero-order chi connectivity index (χ0) is 15.9. The van der Waals surface area contributed by atoms with E-state index in [4.69, 9.17) is 0 Å². The average molecular weight is 297 g/mol. The number of nitro benzene ring substituents is 1. The van der Waals surface area contributed by atoms with Crippen molar-refractivity contribution in [2.45, 2.75) is 26.3 Å². The van der Waals surface area contributed by atoms with Crippen LogP contribution in [-0.4, -0.2) is 21.9 Å². The molecule has 3 rings (SSSR count). The van der Waals surface area contributed by atoms with Gasteiger partial charge in [0.05, 0.1) is 4.92 Å². The van der Waals surface area contributed by atoms with Crippen LogP contribution < -0.4 is 4.90 Å². The predicted octanol–water partition coefficient (Wildman–Crippen LogP) is 2.89. The second-order valence-electron chi connectivity index (χ2n) is 5.46. The van der Waals surface area contributed by atoms with Gasteiger partial charge in [0.15, 0.2) is 0 Å². The molecule has 0 bridgehead atoms. The molecule has 0 radical (unpaired) electrons. The first-order valence-electron chi connectivity index (χ1n) is 7.02. The Kier molecular flexibility index (Phi) is 3.36. The summed E-state index contributed by atoms with van der Waals surface area (Å²) in [5.41, 5.74) is 2.77. The molecule has 0 N–H and O–H groups in total. The fourth-order valence-electron chi connectivity index (χ4n) is 2.83.